The maximum atomic E-state index is 9.98. The molecule has 0 saturated heterocycles. The number of nitrogens with two attached hydrogens (primary N) is 1. The number of carboxylic acid groups (broad SMARTS) is 1. The number of hydrogen-bond donors (Lipinski definition) is 2. The van der Waals surface area contributed by atoms with Crippen LogP contribution < -0.4 is 5.73 Å². The average molecular weight is 275 g/mol. The lowest BCUT2D eigenvalue weighted by Crippen LogP contribution is -2.00. The van der Waals surface area contributed by atoms with Gasteiger partial charge in [0.05, 0.1) is 6.42 Å². The van der Waals surface area contributed by atoms with Crippen LogP contribution >= 0.6 is 43.2 Å². The van der Waals surface area contributed by atoms with Gasteiger partial charge in [-0.25, -0.2) is 0 Å². The smallest absolute Gasteiger partial charge is 0.304 e. The standard InChI is InChI=1S/C5H11NO2S2.C2H6S2/c6-2-4-10-9-3-1-5(7)8;1-3-4-2/h1-4,6H2,(H,7,8);1-2H3. The summed E-state index contributed by atoms with van der Waals surface area (Å²) >= 11 is 0. The summed E-state index contributed by atoms with van der Waals surface area (Å²) in [7, 11) is 6.73. The lowest BCUT2D eigenvalue weighted by Gasteiger charge is -1.95. The molecule has 7 heteroatoms. The minimum Gasteiger partial charge on any atom is -0.481 e. The summed E-state index contributed by atoms with van der Waals surface area (Å²) in [6, 6.07) is 0. The van der Waals surface area contributed by atoms with Crippen LogP contribution in [-0.2, 0) is 4.79 Å². The maximum absolute atomic E-state index is 9.98. The van der Waals surface area contributed by atoms with Crippen molar-refractivity contribution in [1.29, 1.82) is 0 Å². The summed E-state index contributed by atoms with van der Waals surface area (Å²) < 4.78 is 0. The van der Waals surface area contributed by atoms with Crippen molar-refractivity contribution in [2.75, 3.05) is 30.6 Å². The summed E-state index contributed by atoms with van der Waals surface area (Å²) in [5, 5.41) is 8.22. The van der Waals surface area contributed by atoms with Gasteiger partial charge in [-0.1, -0.05) is 43.2 Å². The third-order valence-corrected chi connectivity index (χ3v) is 4.62. The fraction of sp³-hybridized carbons (Fsp3) is 0.857. The van der Waals surface area contributed by atoms with Crippen LogP contribution in [0.2, 0.25) is 0 Å². The SMILES string of the molecule is CSSC.NCCSSCCC(=O)O. The Morgan fingerprint density at radius 2 is 1.71 bits per heavy atom. The molecule has 0 aromatic carbocycles. The molecule has 0 amide bonds. The monoisotopic (exact) mass is 275 g/mol. The van der Waals surface area contributed by atoms with Crippen molar-refractivity contribution in [3.05, 3.63) is 0 Å². The van der Waals surface area contributed by atoms with Gasteiger partial charge < -0.3 is 10.8 Å². The molecule has 0 spiro atoms. The molecule has 0 aliphatic rings. The van der Waals surface area contributed by atoms with E-state index in [1.54, 1.807) is 43.2 Å². The highest BCUT2D eigenvalue weighted by Gasteiger charge is 1.95. The first kappa shape index (κ1) is 17.2. The van der Waals surface area contributed by atoms with E-state index in [2.05, 4.69) is 12.5 Å². The molecular formula is C7H17NO2S4. The summed E-state index contributed by atoms with van der Waals surface area (Å²) in [5.41, 5.74) is 5.22. The Morgan fingerprint density at radius 1 is 1.21 bits per heavy atom. The van der Waals surface area contributed by atoms with E-state index in [0.29, 0.717) is 12.3 Å². The Morgan fingerprint density at radius 3 is 2.07 bits per heavy atom. The molecule has 14 heavy (non-hydrogen) atoms. The maximum Gasteiger partial charge on any atom is 0.304 e. The number of carbonyl (C=O) groups is 1. The number of hydrogen-bond acceptors (Lipinski definition) is 6. The van der Waals surface area contributed by atoms with E-state index in [9.17, 15) is 4.79 Å². The highest BCUT2D eigenvalue weighted by Crippen LogP contribution is 2.20. The Bertz CT molecular complexity index is 124. The Balaban J connectivity index is 0. The van der Waals surface area contributed by atoms with Crippen molar-refractivity contribution in [2.45, 2.75) is 6.42 Å². The van der Waals surface area contributed by atoms with Crippen molar-refractivity contribution < 1.29 is 9.90 Å². The molecule has 0 atom stereocenters. The highest BCUT2D eigenvalue weighted by atomic mass is 33.1. The zero-order valence-corrected chi connectivity index (χ0v) is 11.7. The Kier molecular flexibility index (Phi) is 20.0. The van der Waals surface area contributed by atoms with Gasteiger partial charge in [0.1, 0.15) is 0 Å². The van der Waals surface area contributed by atoms with Crippen LogP contribution in [0.3, 0.4) is 0 Å². The predicted octanol–water partition coefficient (Wildman–Crippen LogP) is 2.43. The topological polar surface area (TPSA) is 63.3 Å². The second-order valence-corrected chi connectivity index (χ2v) is 7.28. The lowest BCUT2D eigenvalue weighted by molar-refractivity contribution is -0.136. The summed E-state index contributed by atoms with van der Waals surface area (Å²) in [6.07, 6.45) is 4.36. The minimum atomic E-state index is -0.735. The summed E-state index contributed by atoms with van der Waals surface area (Å²) in [4.78, 5) is 9.98. The Hall–Kier alpha value is 0.830. The van der Waals surface area contributed by atoms with E-state index in [0.717, 1.165) is 5.75 Å². The Labute approximate surface area is 102 Å². The van der Waals surface area contributed by atoms with Gasteiger partial charge in [-0.05, 0) is 12.5 Å². The van der Waals surface area contributed by atoms with Crippen LogP contribution in [0.1, 0.15) is 6.42 Å². The normalized spacial score (nSPS) is 9.07. The molecule has 0 aliphatic carbocycles. The fourth-order valence-corrected chi connectivity index (χ4v) is 2.13. The van der Waals surface area contributed by atoms with Gasteiger partial charge in [-0.3, -0.25) is 4.79 Å². The van der Waals surface area contributed by atoms with Crippen LogP contribution in [0.15, 0.2) is 0 Å². The molecule has 0 heterocycles. The van der Waals surface area contributed by atoms with Crippen LogP contribution in [0.4, 0.5) is 0 Å². The van der Waals surface area contributed by atoms with E-state index in [1.165, 1.54) is 0 Å². The van der Waals surface area contributed by atoms with Gasteiger partial charge >= 0.3 is 5.97 Å². The second kappa shape index (κ2) is 16.3. The van der Waals surface area contributed by atoms with E-state index in [4.69, 9.17) is 10.8 Å². The molecule has 3 N–H and O–H groups in total. The van der Waals surface area contributed by atoms with Crippen molar-refractivity contribution in [3.8, 4) is 0 Å². The molecule has 0 saturated carbocycles. The van der Waals surface area contributed by atoms with Crippen LogP contribution in [0, 0.1) is 0 Å². The van der Waals surface area contributed by atoms with Gasteiger partial charge in [0.2, 0.25) is 0 Å². The number of carboxylic acids is 1. The first-order chi connectivity index (χ1) is 6.68. The molecule has 0 radical (unpaired) electrons. The number of aliphatic carboxylic acids is 1. The molecule has 0 rings (SSSR count). The van der Waals surface area contributed by atoms with Gasteiger partial charge in [0.25, 0.3) is 0 Å². The van der Waals surface area contributed by atoms with Gasteiger partial charge in [0, 0.05) is 18.1 Å². The van der Waals surface area contributed by atoms with E-state index < -0.39 is 5.97 Å². The quantitative estimate of drug-likeness (QED) is 0.546. The van der Waals surface area contributed by atoms with E-state index >= 15 is 0 Å². The lowest BCUT2D eigenvalue weighted by atomic mass is 10.5. The first-order valence-corrected chi connectivity index (χ1v) is 9.37. The van der Waals surface area contributed by atoms with Crippen molar-refractivity contribution >= 4 is 49.1 Å². The third-order valence-electron chi connectivity index (χ3n) is 0.850. The zero-order chi connectivity index (χ0) is 11.2. The molecule has 86 valence electrons. The molecule has 0 bridgehead atoms. The van der Waals surface area contributed by atoms with Crippen LogP contribution in [0.25, 0.3) is 0 Å². The van der Waals surface area contributed by atoms with Gasteiger partial charge in [-0.15, -0.1) is 0 Å². The van der Waals surface area contributed by atoms with Gasteiger partial charge in [0.15, 0.2) is 0 Å². The molecule has 0 aliphatic heterocycles. The second-order valence-electron chi connectivity index (χ2n) is 1.91. The van der Waals surface area contributed by atoms with Crippen LogP contribution in [-0.4, -0.2) is 41.6 Å². The molecule has 0 unspecified atom stereocenters. The average Bonchev–Trinajstić information content (AvgIpc) is 2.18. The van der Waals surface area contributed by atoms with E-state index in [1.807, 2.05) is 0 Å². The van der Waals surface area contributed by atoms with Crippen molar-refractivity contribution in [3.63, 3.8) is 0 Å². The zero-order valence-electron chi connectivity index (χ0n) is 8.39. The van der Waals surface area contributed by atoms with Crippen molar-refractivity contribution in [2.24, 2.45) is 5.73 Å². The largest absolute Gasteiger partial charge is 0.481 e. The molecular weight excluding hydrogens is 258 g/mol. The van der Waals surface area contributed by atoms with Crippen molar-refractivity contribution in [1.82, 2.24) is 0 Å². The minimum absolute atomic E-state index is 0.238. The molecule has 0 aromatic rings. The van der Waals surface area contributed by atoms with Gasteiger partial charge in [-0.2, -0.15) is 0 Å². The third kappa shape index (κ3) is 23.0. The highest BCUT2D eigenvalue weighted by molar-refractivity contribution is 8.76. The van der Waals surface area contributed by atoms with Crippen LogP contribution in [0.5, 0.6) is 0 Å². The molecule has 3 nitrogen and oxygen atoms in total. The first-order valence-electron chi connectivity index (χ1n) is 3.92. The fourth-order valence-electron chi connectivity index (χ4n) is 0.295. The molecule has 0 fully saturated rings. The molecule has 0 aromatic heterocycles. The number of rotatable bonds is 7. The summed E-state index contributed by atoms with van der Waals surface area (Å²) in [6.45, 7) is 0.657. The predicted molar refractivity (Wildman–Crippen MR) is 73.3 cm³/mol. The van der Waals surface area contributed by atoms with E-state index in [-0.39, 0.29) is 6.42 Å². The summed E-state index contributed by atoms with van der Waals surface area (Å²) in [5.74, 6) is 0.824.